The molecule has 134 valence electrons. The average molecular weight is 346 g/mol. The average Bonchev–Trinajstić information content (AvgIpc) is 2.87. The zero-order chi connectivity index (χ0) is 18.8. The number of non-ortho nitro benzene ring substituents is 1. The Labute approximate surface area is 145 Å². The molecule has 1 aromatic heterocycles. The molecular weight excluding hydrogens is 324 g/mol. The van der Waals surface area contributed by atoms with Crippen LogP contribution in [-0.2, 0) is 16.1 Å². The van der Waals surface area contributed by atoms with Crippen LogP contribution in [0.4, 0.5) is 5.69 Å². The molecule has 2 amide bonds. The Bertz CT molecular complexity index is 820. The minimum atomic E-state index is -0.658. The number of amides is 2. The van der Waals surface area contributed by atoms with E-state index < -0.39 is 11.0 Å². The van der Waals surface area contributed by atoms with Crippen molar-refractivity contribution in [1.82, 2.24) is 15.2 Å². The van der Waals surface area contributed by atoms with Crippen LogP contribution in [0.3, 0.4) is 0 Å². The number of aromatic nitrogens is 1. The van der Waals surface area contributed by atoms with Crippen molar-refractivity contribution in [2.24, 2.45) is 0 Å². The van der Waals surface area contributed by atoms with Gasteiger partial charge in [-0.1, -0.05) is 0 Å². The molecule has 1 heterocycles. The number of benzene rings is 1. The fraction of sp³-hybridized carbons (Fsp3) is 0.412. The van der Waals surface area contributed by atoms with E-state index in [0.717, 1.165) is 0 Å². The van der Waals surface area contributed by atoms with Crippen molar-refractivity contribution >= 4 is 28.4 Å². The summed E-state index contributed by atoms with van der Waals surface area (Å²) in [4.78, 5) is 34.6. The smallest absolute Gasteiger partial charge is 0.270 e. The van der Waals surface area contributed by atoms with Crippen LogP contribution in [0.15, 0.2) is 30.5 Å². The number of nitrogens with zero attached hydrogens (tertiary/aromatic N) is 2. The largest absolute Gasteiger partial charge is 0.350 e. The molecule has 2 aromatic rings. The molecule has 0 saturated heterocycles. The van der Waals surface area contributed by atoms with Gasteiger partial charge in [-0.15, -0.1) is 0 Å². The van der Waals surface area contributed by atoms with Crippen molar-refractivity contribution < 1.29 is 14.5 Å². The van der Waals surface area contributed by atoms with Crippen LogP contribution in [0.25, 0.3) is 10.9 Å². The van der Waals surface area contributed by atoms with Crippen molar-refractivity contribution in [3.63, 3.8) is 0 Å². The van der Waals surface area contributed by atoms with Crippen LogP contribution in [0, 0.1) is 10.1 Å². The first-order valence-electron chi connectivity index (χ1n) is 7.91. The third-order valence-corrected chi connectivity index (χ3v) is 3.55. The first-order chi connectivity index (χ1) is 11.6. The molecule has 1 aromatic carbocycles. The van der Waals surface area contributed by atoms with Gasteiger partial charge in [0.1, 0.15) is 12.6 Å². The van der Waals surface area contributed by atoms with Crippen LogP contribution in [0.5, 0.6) is 0 Å². The Hall–Kier alpha value is -2.90. The van der Waals surface area contributed by atoms with Gasteiger partial charge in [-0.25, -0.2) is 0 Å². The lowest BCUT2D eigenvalue weighted by Crippen LogP contribution is -2.51. The highest BCUT2D eigenvalue weighted by Crippen LogP contribution is 2.21. The summed E-state index contributed by atoms with van der Waals surface area (Å²) in [6.45, 7) is 7.24. The van der Waals surface area contributed by atoms with E-state index >= 15 is 0 Å². The zero-order valence-corrected chi connectivity index (χ0v) is 14.7. The SMILES string of the molecule is C[C@@H](NC(=O)Cn1ccc2cc([N+](=O)[O-])ccc21)C(=O)NC(C)(C)C. The highest BCUT2D eigenvalue weighted by atomic mass is 16.6. The maximum Gasteiger partial charge on any atom is 0.270 e. The summed E-state index contributed by atoms with van der Waals surface area (Å²) in [5.74, 6) is -0.568. The summed E-state index contributed by atoms with van der Waals surface area (Å²) in [6.07, 6.45) is 1.69. The summed E-state index contributed by atoms with van der Waals surface area (Å²) < 4.78 is 1.68. The zero-order valence-electron chi connectivity index (χ0n) is 14.7. The third kappa shape index (κ3) is 4.79. The summed E-state index contributed by atoms with van der Waals surface area (Å²) in [5.41, 5.74) is 0.344. The third-order valence-electron chi connectivity index (χ3n) is 3.55. The summed E-state index contributed by atoms with van der Waals surface area (Å²) in [7, 11) is 0. The molecule has 0 bridgehead atoms. The molecule has 8 heteroatoms. The van der Waals surface area contributed by atoms with E-state index in [1.807, 2.05) is 20.8 Å². The lowest BCUT2D eigenvalue weighted by atomic mass is 10.1. The van der Waals surface area contributed by atoms with Gasteiger partial charge in [-0.3, -0.25) is 19.7 Å². The van der Waals surface area contributed by atoms with E-state index in [0.29, 0.717) is 10.9 Å². The number of nitrogens with one attached hydrogen (secondary N) is 2. The number of carbonyl (C=O) groups is 2. The van der Waals surface area contributed by atoms with Gasteiger partial charge in [0.15, 0.2) is 0 Å². The van der Waals surface area contributed by atoms with Crippen molar-refractivity contribution in [3.8, 4) is 0 Å². The minimum Gasteiger partial charge on any atom is -0.350 e. The Morgan fingerprint density at radius 3 is 2.56 bits per heavy atom. The maximum absolute atomic E-state index is 12.2. The fourth-order valence-electron chi connectivity index (χ4n) is 2.42. The van der Waals surface area contributed by atoms with Gasteiger partial charge >= 0.3 is 0 Å². The standard InChI is InChI=1S/C17H22N4O4/c1-11(16(23)19-17(2,3)4)18-15(22)10-20-8-7-12-9-13(21(24)25)5-6-14(12)20/h5-9,11H,10H2,1-4H3,(H,18,22)(H,19,23)/t11-/m1/s1. The highest BCUT2D eigenvalue weighted by molar-refractivity contribution is 5.89. The predicted molar refractivity (Wildman–Crippen MR) is 94.1 cm³/mol. The monoisotopic (exact) mass is 346 g/mol. The second kappa shape index (κ2) is 6.92. The molecule has 0 saturated carbocycles. The van der Waals surface area contributed by atoms with Gasteiger partial charge in [0.25, 0.3) is 5.69 Å². The van der Waals surface area contributed by atoms with Gasteiger partial charge in [0.05, 0.1) is 4.92 Å². The fourth-order valence-corrected chi connectivity index (χ4v) is 2.42. The number of hydrogen-bond acceptors (Lipinski definition) is 4. The Morgan fingerprint density at radius 1 is 1.28 bits per heavy atom. The van der Waals surface area contributed by atoms with E-state index in [1.54, 1.807) is 29.8 Å². The molecule has 0 aliphatic heterocycles. The second-order valence-corrected chi connectivity index (χ2v) is 6.97. The van der Waals surface area contributed by atoms with Crippen molar-refractivity contribution in [2.45, 2.75) is 45.8 Å². The van der Waals surface area contributed by atoms with Gasteiger partial charge in [-0.05, 0) is 39.8 Å². The molecule has 0 spiro atoms. The Balaban J connectivity index is 2.04. The van der Waals surface area contributed by atoms with Crippen LogP contribution >= 0.6 is 0 Å². The van der Waals surface area contributed by atoms with Gasteiger partial charge in [0.2, 0.25) is 11.8 Å². The molecule has 0 unspecified atom stereocenters. The Kier molecular flexibility index (Phi) is 5.10. The number of carbonyl (C=O) groups excluding carboxylic acids is 2. The number of fused-ring (bicyclic) bond motifs is 1. The molecule has 0 fully saturated rings. The van der Waals surface area contributed by atoms with E-state index in [4.69, 9.17) is 0 Å². The van der Waals surface area contributed by atoms with Crippen molar-refractivity contribution in [1.29, 1.82) is 0 Å². The number of nitro benzene ring substituents is 1. The summed E-state index contributed by atoms with van der Waals surface area (Å²) >= 11 is 0. The molecule has 1 atom stereocenters. The summed E-state index contributed by atoms with van der Waals surface area (Å²) in [5, 5.41) is 17.0. The predicted octanol–water partition coefficient (Wildman–Crippen LogP) is 1.97. The van der Waals surface area contributed by atoms with Gasteiger partial charge in [0, 0.05) is 34.8 Å². The lowest BCUT2D eigenvalue weighted by molar-refractivity contribution is -0.384. The second-order valence-electron chi connectivity index (χ2n) is 6.97. The number of nitro groups is 1. The maximum atomic E-state index is 12.2. The molecular formula is C17H22N4O4. The van der Waals surface area contributed by atoms with Crippen molar-refractivity contribution in [3.05, 3.63) is 40.6 Å². The normalized spacial score (nSPS) is 12.6. The van der Waals surface area contributed by atoms with E-state index in [9.17, 15) is 19.7 Å². The first kappa shape index (κ1) is 18.4. The molecule has 2 N–H and O–H groups in total. The van der Waals surface area contributed by atoms with Crippen molar-refractivity contribution in [2.75, 3.05) is 0 Å². The molecule has 0 aliphatic carbocycles. The van der Waals surface area contributed by atoms with Crippen LogP contribution in [-0.4, -0.2) is 32.9 Å². The molecule has 25 heavy (non-hydrogen) atoms. The van der Waals surface area contributed by atoms with Crippen LogP contribution < -0.4 is 10.6 Å². The quantitative estimate of drug-likeness (QED) is 0.637. The minimum absolute atomic E-state index is 0.00201. The number of hydrogen-bond donors (Lipinski definition) is 2. The van der Waals surface area contributed by atoms with Gasteiger partial charge < -0.3 is 15.2 Å². The Morgan fingerprint density at radius 2 is 1.96 bits per heavy atom. The van der Waals surface area contributed by atoms with E-state index in [-0.39, 0.29) is 29.6 Å². The van der Waals surface area contributed by atoms with Gasteiger partial charge in [-0.2, -0.15) is 0 Å². The van der Waals surface area contributed by atoms with E-state index in [2.05, 4.69) is 10.6 Å². The lowest BCUT2D eigenvalue weighted by Gasteiger charge is -2.23. The first-order valence-corrected chi connectivity index (χ1v) is 7.91. The molecule has 0 radical (unpaired) electrons. The van der Waals surface area contributed by atoms with E-state index in [1.165, 1.54) is 12.1 Å². The highest BCUT2D eigenvalue weighted by Gasteiger charge is 2.21. The molecule has 8 nitrogen and oxygen atoms in total. The topological polar surface area (TPSA) is 106 Å². The molecule has 0 aliphatic rings. The summed E-state index contributed by atoms with van der Waals surface area (Å²) in [6, 6.07) is 5.52. The van der Waals surface area contributed by atoms with Crippen LogP contribution in [0.1, 0.15) is 27.7 Å². The number of rotatable bonds is 5. The molecule has 2 rings (SSSR count). The van der Waals surface area contributed by atoms with Crippen LogP contribution in [0.2, 0.25) is 0 Å².